The van der Waals surface area contributed by atoms with Gasteiger partial charge in [0.05, 0.1) is 17.8 Å². The maximum atomic E-state index is 12.9. The third kappa shape index (κ3) is 3.92. The van der Waals surface area contributed by atoms with Crippen LogP contribution in [-0.2, 0) is 0 Å². The maximum Gasteiger partial charge on any atom is 0.291 e. The molecule has 0 saturated heterocycles. The number of aromatic nitrogens is 1. The van der Waals surface area contributed by atoms with Crippen LogP contribution in [0, 0.1) is 6.92 Å². The van der Waals surface area contributed by atoms with Gasteiger partial charge >= 0.3 is 0 Å². The molecule has 1 amide bonds. The van der Waals surface area contributed by atoms with Crippen LogP contribution in [0.1, 0.15) is 16.1 Å². The summed E-state index contributed by atoms with van der Waals surface area (Å²) < 4.78 is 16.8. The third-order valence-electron chi connectivity index (χ3n) is 4.47. The number of ether oxygens (including phenoxy) is 2. The van der Waals surface area contributed by atoms with Crippen LogP contribution in [0.25, 0.3) is 11.0 Å². The average Bonchev–Trinajstić information content (AvgIpc) is 3.07. The number of benzene rings is 2. The summed E-state index contributed by atoms with van der Waals surface area (Å²) in [6, 6.07) is 13.8. The summed E-state index contributed by atoms with van der Waals surface area (Å²) in [7, 11) is 1.59. The minimum Gasteiger partial charge on any atom is -0.497 e. The van der Waals surface area contributed by atoms with Gasteiger partial charge in [0.1, 0.15) is 16.4 Å². The zero-order valence-electron chi connectivity index (χ0n) is 16.0. The van der Waals surface area contributed by atoms with E-state index in [-0.39, 0.29) is 16.7 Å². The molecule has 0 saturated carbocycles. The molecule has 4 rings (SSSR count). The Morgan fingerprint density at radius 1 is 1.13 bits per heavy atom. The Morgan fingerprint density at radius 3 is 2.70 bits per heavy atom. The minimum atomic E-state index is -0.408. The quantitative estimate of drug-likeness (QED) is 0.381. The number of carbonyl (C=O) groups is 1. The molecule has 0 aliphatic heterocycles. The van der Waals surface area contributed by atoms with Crippen LogP contribution in [0.5, 0.6) is 17.4 Å². The highest BCUT2D eigenvalue weighted by molar-refractivity contribution is 6.35. The van der Waals surface area contributed by atoms with E-state index in [0.29, 0.717) is 33.4 Å². The van der Waals surface area contributed by atoms with Crippen LogP contribution >= 0.6 is 23.2 Å². The molecule has 4 aromatic rings. The summed E-state index contributed by atoms with van der Waals surface area (Å²) in [6.45, 7) is 1.82. The molecule has 1 N–H and O–H groups in total. The van der Waals surface area contributed by atoms with E-state index in [2.05, 4.69) is 10.3 Å². The lowest BCUT2D eigenvalue weighted by atomic mass is 10.1. The zero-order valence-corrected chi connectivity index (χ0v) is 17.5. The van der Waals surface area contributed by atoms with E-state index in [1.165, 1.54) is 12.3 Å². The molecule has 0 fully saturated rings. The van der Waals surface area contributed by atoms with Gasteiger partial charge in [0.2, 0.25) is 5.88 Å². The minimum absolute atomic E-state index is 0.176. The number of amides is 1. The number of para-hydroxylation sites is 2. The Kier molecular flexibility index (Phi) is 5.53. The van der Waals surface area contributed by atoms with Crippen molar-refractivity contribution in [1.29, 1.82) is 0 Å². The first kappa shape index (κ1) is 20.1. The topological polar surface area (TPSA) is 73.6 Å². The van der Waals surface area contributed by atoms with Crippen molar-refractivity contribution in [1.82, 2.24) is 4.98 Å². The van der Waals surface area contributed by atoms with Crippen LogP contribution in [-0.4, -0.2) is 18.0 Å². The monoisotopic (exact) mass is 442 g/mol. The van der Waals surface area contributed by atoms with Gasteiger partial charge in [0.25, 0.3) is 5.91 Å². The molecule has 0 aliphatic rings. The van der Waals surface area contributed by atoms with Gasteiger partial charge in [-0.25, -0.2) is 4.98 Å². The molecule has 0 radical (unpaired) electrons. The van der Waals surface area contributed by atoms with Gasteiger partial charge in [0.15, 0.2) is 11.5 Å². The number of fused-ring (bicyclic) bond motifs is 1. The predicted octanol–water partition coefficient (Wildman–Crippen LogP) is 6.50. The average molecular weight is 443 g/mol. The first-order valence-corrected chi connectivity index (χ1v) is 9.68. The van der Waals surface area contributed by atoms with Crippen molar-refractivity contribution in [2.24, 2.45) is 0 Å². The molecule has 0 atom stereocenters. The molecule has 6 nitrogen and oxygen atoms in total. The number of hydrogen-bond acceptors (Lipinski definition) is 5. The number of hydrogen-bond donors (Lipinski definition) is 1. The number of anilines is 1. The summed E-state index contributed by atoms with van der Waals surface area (Å²) in [4.78, 5) is 17.0. The zero-order chi connectivity index (χ0) is 21.3. The lowest BCUT2D eigenvalue weighted by molar-refractivity contribution is 0.0997. The SMILES string of the molecule is COc1ccc2oc(C(=O)Nc3ccccc3Oc3ncc(Cl)cc3Cl)c(C)c2c1. The van der Waals surface area contributed by atoms with E-state index in [0.717, 1.165) is 5.39 Å². The van der Waals surface area contributed by atoms with Crippen molar-refractivity contribution in [2.45, 2.75) is 6.92 Å². The number of nitrogens with zero attached hydrogens (tertiary/aromatic N) is 1. The fourth-order valence-corrected chi connectivity index (χ4v) is 3.38. The van der Waals surface area contributed by atoms with Crippen LogP contribution in [0.4, 0.5) is 5.69 Å². The summed E-state index contributed by atoms with van der Waals surface area (Å²) in [6.07, 6.45) is 1.43. The Bertz CT molecular complexity index is 1250. The Hall–Kier alpha value is -3.22. The molecular formula is C22H16Cl2N2O4. The number of halogens is 2. The van der Waals surface area contributed by atoms with Crippen LogP contribution in [0.3, 0.4) is 0 Å². The lowest BCUT2D eigenvalue weighted by Gasteiger charge is -2.12. The van der Waals surface area contributed by atoms with Crippen molar-refractivity contribution in [3.63, 3.8) is 0 Å². The highest BCUT2D eigenvalue weighted by Crippen LogP contribution is 2.34. The van der Waals surface area contributed by atoms with Crippen molar-refractivity contribution in [2.75, 3.05) is 12.4 Å². The van der Waals surface area contributed by atoms with Crippen LogP contribution in [0.15, 0.2) is 59.1 Å². The molecule has 2 aromatic carbocycles. The molecule has 8 heteroatoms. The number of carbonyl (C=O) groups excluding carboxylic acids is 1. The fourth-order valence-electron chi connectivity index (χ4n) is 2.96. The predicted molar refractivity (Wildman–Crippen MR) is 116 cm³/mol. The number of rotatable bonds is 5. The third-order valence-corrected chi connectivity index (χ3v) is 4.94. The van der Waals surface area contributed by atoms with Crippen molar-refractivity contribution < 1.29 is 18.7 Å². The number of furan rings is 1. The van der Waals surface area contributed by atoms with Gasteiger partial charge < -0.3 is 19.2 Å². The molecule has 0 unspecified atom stereocenters. The summed E-state index contributed by atoms with van der Waals surface area (Å²) in [5, 5.41) is 4.28. The second-order valence-corrected chi connectivity index (χ2v) is 7.25. The number of pyridine rings is 1. The molecular weight excluding hydrogens is 427 g/mol. The number of nitrogens with one attached hydrogen (secondary N) is 1. The van der Waals surface area contributed by atoms with E-state index in [1.807, 2.05) is 13.0 Å². The molecule has 152 valence electrons. The summed E-state index contributed by atoms with van der Waals surface area (Å²) in [5.41, 5.74) is 1.75. The Labute approximate surface area is 182 Å². The van der Waals surface area contributed by atoms with Crippen molar-refractivity contribution in [3.05, 3.63) is 76.1 Å². The number of aryl methyl sites for hydroxylation is 1. The Balaban J connectivity index is 1.63. The molecule has 0 aliphatic carbocycles. The van der Waals surface area contributed by atoms with Crippen molar-refractivity contribution in [3.8, 4) is 17.4 Å². The van der Waals surface area contributed by atoms with E-state index in [1.54, 1.807) is 43.5 Å². The van der Waals surface area contributed by atoms with Crippen LogP contribution < -0.4 is 14.8 Å². The maximum absolute atomic E-state index is 12.9. The van der Waals surface area contributed by atoms with E-state index in [4.69, 9.17) is 37.1 Å². The number of methoxy groups -OCH3 is 1. The standard InChI is InChI=1S/C22H16Cl2N2O4/c1-12-15-10-14(28-2)7-8-18(15)29-20(12)21(27)26-17-5-3-4-6-19(17)30-22-16(24)9-13(23)11-25-22/h3-11H,1-2H3,(H,26,27). The highest BCUT2D eigenvalue weighted by Gasteiger charge is 2.20. The summed E-state index contributed by atoms with van der Waals surface area (Å²) in [5.74, 6) is 1.03. The first-order chi connectivity index (χ1) is 14.5. The first-order valence-electron chi connectivity index (χ1n) is 8.92. The van der Waals surface area contributed by atoms with Gasteiger partial charge in [-0.1, -0.05) is 35.3 Å². The van der Waals surface area contributed by atoms with Crippen LogP contribution in [0.2, 0.25) is 10.0 Å². The molecule has 2 heterocycles. The second kappa shape index (κ2) is 8.26. The molecule has 2 aromatic heterocycles. The van der Waals surface area contributed by atoms with E-state index < -0.39 is 5.91 Å². The lowest BCUT2D eigenvalue weighted by Crippen LogP contribution is -2.12. The molecule has 30 heavy (non-hydrogen) atoms. The Morgan fingerprint density at radius 2 is 1.93 bits per heavy atom. The fraction of sp³-hybridized carbons (Fsp3) is 0.0909. The highest BCUT2D eigenvalue weighted by atomic mass is 35.5. The van der Waals surface area contributed by atoms with Gasteiger partial charge in [-0.3, -0.25) is 4.79 Å². The van der Waals surface area contributed by atoms with E-state index >= 15 is 0 Å². The summed E-state index contributed by atoms with van der Waals surface area (Å²) >= 11 is 12.0. The van der Waals surface area contributed by atoms with Gasteiger partial charge in [-0.05, 0) is 43.3 Å². The normalized spacial score (nSPS) is 10.8. The van der Waals surface area contributed by atoms with Gasteiger partial charge in [-0.15, -0.1) is 0 Å². The van der Waals surface area contributed by atoms with Gasteiger partial charge in [0, 0.05) is 17.1 Å². The largest absolute Gasteiger partial charge is 0.497 e. The van der Waals surface area contributed by atoms with E-state index in [9.17, 15) is 4.79 Å². The van der Waals surface area contributed by atoms with Gasteiger partial charge in [-0.2, -0.15) is 0 Å². The second-order valence-electron chi connectivity index (χ2n) is 6.41. The molecule has 0 spiro atoms. The smallest absolute Gasteiger partial charge is 0.291 e. The van der Waals surface area contributed by atoms with Crippen molar-refractivity contribution >= 4 is 45.8 Å². The molecule has 0 bridgehead atoms.